The summed E-state index contributed by atoms with van der Waals surface area (Å²) in [5.74, 6) is 0. The molecule has 3 aromatic rings. The molecule has 2 nitrogen and oxygen atoms in total. The van der Waals surface area contributed by atoms with Crippen molar-refractivity contribution in [2.75, 3.05) is 6.54 Å². The first kappa shape index (κ1) is 14.2. The van der Waals surface area contributed by atoms with Crippen molar-refractivity contribution in [1.82, 2.24) is 10.3 Å². The lowest BCUT2D eigenvalue weighted by molar-refractivity contribution is 0.576. The zero-order chi connectivity index (χ0) is 14.7. The zero-order valence-electron chi connectivity index (χ0n) is 12.5. The van der Waals surface area contributed by atoms with E-state index in [4.69, 9.17) is 0 Å². The Balaban J connectivity index is 1.59. The van der Waals surface area contributed by atoms with Gasteiger partial charge in [0.2, 0.25) is 0 Å². The van der Waals surface area contributed by atoms with Gasteiger partial charge in [-0.15, -0.1) is 11.3 Å². The Morgan fingerprint density at radius 2 is 2.14 bits per heavy atom. The molecule has 0 saturated carbocycles. The van der Waals surface area contributed by atoms with Gasteiger partial charge in [0.05, 0.1) is 10.2 Å². The zero-order valence-corrected chi connectivity index (χ0v) is 13.3. The minimum absolute atomic E-state index is 0.328. The number of aromatic nitrogens is 1. The Morgan fingerprint density at radius 1 is 1.24 bits per heavy atom. The van der Waals surface area contributed by atoms with Crippen molar-refractivity contribution in [3.8, 4) is 0 Å². The number of aryl methyl sites for hydroxylation is 1. The number of nitrogens with zero attached hydrogens (tertiary/aromatic N) is 1. The molecule has 0 saturated heterocycles. The molecule has 0 spiro atoms. The highest BCUT2D eigenvalue weighted by molar-refractivity contribution is 7.17. The van der Waals surface area contributed by atoms with Crippen molar-refractivity contribution in [2.24, 2.45) is 0 Å². The van der Waals surface area contributed by atoms with E-state index in [9.17, 15) is 0 Å². The third-order valence-electron chi connectivity index (χ3n) is 3.77. The first-order valence-electron chi connectivity index (χ1n) is 7.34. The fourth-order valence-electron chi connectivity index (χ4n) is 2.52. The molecule has 0 aliphatic rings. The van der Waals surface area contributed by atoms with E-state index in [2.05, 4.69) is 65.9 Å². The first-order valence-corrected chi connectivity index (χ1v) is 8.22. The molecule has 0 aliphatic heterocycles. The second-order valence-corrected chi connectivity index (χ2v) is 6.44. The van der Waals surface area contributed by atoms with Crippen LogP contribution in [0.1, 0.15) is 29.7 Å². The average Bonchev–Trinajstić information content (AvgIpc) is 2.94. The van der Waals surface area contributed by atoms with Crippen LogP contribution in [0.3, 0.4) is 0 Å². The van der Waals surface area contributed by atoms with Crippen molar-refractivity contribution in [2.45, 2.75) is 26.3 Å². The van der Waals surface area contributed by atoms with Gasteiger partial charge in [0.15, 0.2) is 0 Å². The standard InChI is InChI=1S/C18H20N2S/c1-13-4-3-5-15(10-13)6-8-19-14(2)16-11-18-17(20-12-16)7-9-21-18/h3-5,7,9-12,14,19H,6,8H2,1-2H3. The second kappa shape index (κ2) is 6.37. The highest BCUT2D eigenvalue weighted by Gasteiger charge is 2.07. The lowest BCUT2D eigenvalue weighted by Crippen LogP contribution is -2.21. The predicted octanol–water partition coefficient (Wildman–Crippen LogP) is 4.50. The summed E-state index contributed by atoms with van der Waals surface area (Å²) >= 11 is 1.75. The van der Waals surface area contributed by atoms with Crippen LogP contribution in [0.15, 0.2) is 48.0 Å². The molecule has 3 rings (SSSR count). The van der Waals surface area contributed by atoms with Gasteiger partial charge >= 0.3 is 0 Å². The van der Waals surface area contributed by atoms with Crippen LogP contribution in [0.2, 0.25) is 0 Å². The van der Waals surface area contributed by atoms with Crippen LogP contribution in [0.4, 0.5) is 0 Å². The maximum Gasteiger partial charge on any atom is 0.0809 e. The maximum atomic E-state index is 4.51. The average molecular weight is 296 g/mol. The van der Waals surface area contributed by atoms with Gasteiger partial charge in [-0.3, -0.25) is 4.98 Å². The number of pyridine rings is 1. The summed E-state index contributed by atoms with van der Waals surface area (Å²) in [5, 5.41) is 5.68. The van der Waals surface area contributed by atoms with E-state index in [-0.39, 0.29) is 0 Å². The number of fused-ring (bicyclic) bond motifs is 1. The lowest BCUT2D eigenvalue weighted by atomic mass is 10.1. The van der Waals surface area contributed by atoms with Crippen molar-refractivity contribution in [1.29, 1.82) is 0 Å². The molecule has 0 amide bonds. The highest BCUT2D eigenvalue weighted by Crippen LogP contribution is 2.22. The van der Waals surface area contributed by atoms with Crippen LogP contribution < -0.4 is 5.32 Å². The summed E-state index contributed by atoms with van der Waals surface area (Å²) in [6, 6.07) is 13.4. The van der Waals surface area contributed by atoms with Crippen LogP contribution in [-0.4, -0.2) is 11.5 Å². The number of thiophene rings is 1. The number of nitrogens with one attached hydrogen (secondary N) is 1. The van der Waals surface area contributed by atoms with E-state index in [1.807, 2.05) is 6.20 Å². The first-order chi connectivity index (χ1) is 10.2. The highest BCUT2D eigenvalue weighted by atomic mass is 32.1. The molecule has 1 atom stereocenters. The topological polar surface area (TPSA) is 24.9 Å². The molecule has 2 aromatic heterocycles. The minimum Gasteiger partial charge on any atom is -0.310 e. The Bertz CT molecular complexity index is 733. The summed E-state index contributed by atoms with van der Waals surface area (Å²) in [6.45, 7) is 5.32. The molecule has 0 bridgehead atoms. The monoisotopic (exact) mass is 296 g/mol. The molecule has 1 aromatic carbocycles. The second-order valence-electron chi connectivity index (χ2n) is 5.49. The van der Waals surface area contributed by atoms with Gasteiger partial charge in [-0.05, 0) is 55.5 Å². The van der Waals surface area contributed by atoms with Gasteiger partial charge in [0, 0.05) is 12.2 Å². The van der Waals surface area contributed by atoms with Gasteiger partial charge in [-0.1, -0.05) is 29.8 Å². The lowest BCUT2D eigenvalue weighted by Gasteiger charge is -2.14. The molecule has 1 unspecified atom stereocenters. The Kier molecular flexibility index (Phi) is 4.32. The molecular weight excluding hydrogens is 276 g/mol. The summed E-state index contributed by atoms with van der Waals surface area (Å²) in [7, 11) is 0. The van der Waals surface area contributed by atoms with Crippen LogP contribution in [0.5, 0.6) is 0 Å². The van der Waals surface area contributed by atoms with E-state index in [0.29, 0.717) is 6.04 Å². The minimum atomic E-state index is 0.328. The number of rotatable bonds is 5. The largest absolute Gasteiger partial charge is 0.310 e. The van der Waals surface area contributed by atoms with Crippen molar-refractivity contribution in [3.05, 3.63) is 64.7 Å². The summed E-state index contributed by atoms with van der Waals surface area (Å²) in [6.07, 6.45) is 3.04. The van der Waals surface area contributed by atoms with Crippen LogP contribution in [-0.2, 0) is 6.42 Å². The third-order valence-corrected chi connectivity index (χ3v) is 4.62. The SMILES string of the molecule is Cc1cccc(CCNC(C)c2cnc3ccsc3c2)c1. The van der Waals surface area contributed by atoms with E-state index in [1.165, 1.54) is 21.4 Å². The molecule has 108 valence electrons. The van der Waals surface area contributed by atoms with E-state index in [0.717, 1.165) is 18.5 Å². The van der Waals surface area contributed by atoms with Gasteiger partial charge in [-0.2, -0.15) is 0 Å². The Morgan fingerprint density at radius 3 is 3.00 bits per heavy atom. The molecule has 0 radical (unpaired) electrons. The molecule has 1 N–H and O–H groups in total. The molecule has 0 fully saturated rings. The van der Waals surface area contributed by atoms with Crippen LogP contribution in [0.25, 0.3) is 10.2 Å². The third kappa shape index (κ3) is 3.49. The molecule has 21 heavy (non-hydrogen) atoms. The van der Waals surface area contributed by atoms with Gasteiger partial charge in [-0.25, -0.2) is 0 Å². The van der Waals surface area contributed by atoms with Crippen LogP contribution >= 0.6 is 11.3 Å². The number of hydrogen-bond donors (Lipinski definition) is 1. The Labute approximate surface area is 129 Å². The fourth-order valence-corrected chi connectivity index (χ4v) is 3.31. The molecular formula is C18H20N2S. The number of benzene rings is 1. The summed E-state index contributed by atoms with van der Waals surface area (Å²) in [4.78, 5) is 4.51. The fraction of sp³-hybridized carbons (Fsp3) is 0.278. The smallest absolute Gasteiger partial charge is 0.0809 e. The molecule has 0 aliphatic carbocycles. The predicted molar refractivity (Wildman–Crippen MR) is 90.9 cm³/mol. The quantitative estimate of drug-likeness (QED) is 0.750. The van der Waals surface area contributed by atoms with E-state index in [1.54, 1.807) is 11.3 Å². The summed E-state index contributed by atoms with van der Waals surface area (Å²) < 4.78 is 1.26. The van der Waals surface area contributed by atoms with Crippen molar-refractivity contribution < 1.29 is 0 Å². The summed E-state index contributed by atoms with van der Waals surface area (Å²) in [5.41, 5.74) is 5.07. The molecule has 3 heteroatoms. The van der Waals surface area contributed by atoms with Crippen molar-refractivity contribution in [3.63, 3.8) is 0 Å². The normalized spacial score (nSPS) is 12.7. The number of hydrogen-bond acceptors (Lipinski definition) is 3. The van der Waals surface area contributed by atoms with Crippen LogP contribution in [0, 0.1) is 6.92 Å². The van der Waals surface area contributed by atoms with E-state index < -0.39 is 0 Å². The molecule has 2 heterocycles. The van der Waals surface area contributed by atoms with Crippen molar-refractivity contribution >= 4 is 21.6 Å². The maximum absolute atomic E-state index is 4.51. The van der Waals surface area contributed by atoms with Gasteiger partial charge < -0.3 is 5.32 Å². The Hall–Kier alpha value is -1.71. The van der Waals surface area contributed by atoms with Gasteiger partial charge in [0.1, 0.15) is 0 Å². The van der Waals surface area contributed by atoms with E-state index >= 15 is 0 Å². The van der Waals surface area contributed by atoms with Gasteiger partial charge in [0.25, 0.3) is 0 Å².